The Balaban J connectivity index is 1.36. The summed E-state index contributed by atoms with van der Waals surface area (Å²) >= 11 is 0. The summed E-state index contributed by atoms with van der Waals surface area (Å²) in [5, 5.41) is 3.02. The van der Waals surface area contributed by atoms with E-state index in [2.05, 4.69) is 11.4 Å². The number of fused-ring (bicyclic) bond motifs is 1. The lowest BCUT2D eigenvalue weighted by Crippen LogP contribution is -2.54. The molecule has 0 radical (unpaired) electrons. The van der Waals surface area contributed by atoms with Gasteiger partial charge in [-0.1, -0.05) is 23.8 Å². The topological polar surface area (TPSA) is 67.9 Å². The Kier molecular flexibility index (Phi) is 5.90. The molecule has 1 fully saturated rings. The van der Waals surface area contributed by atoms with E-state index in [-0.39, 0.29) is 11.8 Å². The molecule has 2 aromatic rings. The van der Waals surface area contributed by atoms with Crippen LogP contribution in [0.15, 0.2) is 36.4 Å². The third kappa shape index (κ3) is 4.53. The van der Waals surface area contributed by atoms with Gasteiger partial charge in [0.05, 0.1) is 19.2 Å². The molecule has 0 aromatic heterocycles. The van der Waals surface area contributed by atoms with E-state index in [0.29, 0.717) is 56.6 Å². The van der Waals surface area contributed by atoms with E-state index in [9.17, 15) is 9.59 Å². The van der Waals surface area contributed by atoms with Crippen LogP contribution in [0.5, 0.6) is 11.5 Å². The Morgan fingerprint density at radius 3 is 2.68 bits per heavy atom. The minimum Gasteiger partial charge on any atom is -0.496 e. The van der Waals surface area contributed by atoms with Gasteiger partial charge in [-0.15, -0.1) is 0 Å². The molecule has 0 aliphatic carbocycles. The van der Waals surface area contributed by atoms with Crippen molar-refractivity contribution in [2.24, 2.45) is 0 Å². The summed E-state index contributed by atoms with van der Waals surface area (Å²) in [6.07, 6.45) is 2.56. The number of ether oxygens (including phenoxy) is 2. The molecule has 1 saturated heterocycles. The number of nitrogens with one attached hydrogen (secondary N) is 1. The van der Waals surface area contributed by atoms with Gasteiger partial charge in [-0.25, -0.2) is 0 Å². The predicted molar refractivity (Wildman–Crippen MR) is 119 cm³/mol. The number of carbonyl (C=O) groups excluding carboxylic acids is 2. The molecule has 2 amide bonds. The Hall–Kier alpha value is -3.02. The lowest BCUT2D eigenvalue weighted by atomic mass is 9.90. The van der Waals surface area contributed by atoms with E-state index >= 15 is 0 Å². The van der Waals surface area contributed by atoms with Gasteiger partial charge in [0.2, 0.25) is 5.91 Å². The Bertz CT molecular complexity index is 993. The number of amides is 2. The number of benzene rings is 2. The lowest BCUT2D eigenvalue weighted by Gasteiger charge is -2.41. The summed E-state index contributed by atoms with van der Waals surface area (Å²) in [5.41, 5.74) is 3.35. The number of hydrogen-bond acceptors (Lipinski definition) is 4. The van der Waals surface area contributed by atoms with Gasteiger partial charge in [0.1, 0.15) is 17.1 Å². The smallest absolute Gasteiger partial charge is 0.255 e. The van der Waals surface area contributed by atoms with Crippen LogP contribution in [0.4, 0.5) is 0 Å². The minimum absolute atomic E-state index is 0.0948. The number of methoxy groups -OCH3 is 1. The van der Waals surface area contributed by atoms with E-state index in [0.717, 1.165) is 22.4 Å². The van der Waals surface area contributed by atoms with E-state index < -0.39 is 5.60 Å². The number of piperidine rings is 1. The van der Waals surface area contributed by atoms with Crippen molar-refractivity contribution < 1.29 is 19.1 Å². The molecule has 4 rings (SSSR count). The summed E-state index contributed by atoms with van der Waals surface area (Å²) in [5.74, 6) is 1.55. The van der Waals surface area contributed by atoms with Gasteiger partial charge in [0.25, 0.3) is 5.91 Å². The molecule has 164 valence electrons. The zero-order valence-electron chi connectivity index (χ0n) is 18.5. The second kappa shape index (κ2) is 8.61. The lowest BCUT2D eigenvalue weighted by molar-refractivity contribution is -0.134. The maximum absolute atomic E-state index is 12.8. The fourth-order valence-corrected chi connectivity index (χ4v) is 4.39. The van der Waals surface area contributed by atoms with Crippen molar-refractivity contribution in [2.45, 2.75) is 45.1 Å². The Labute approximate surface area is 183 Å². The predicted octanol–water partition coefficient (Wildman–Crippen LogP) is 3.43. The molecule has 6 heteroatoms. The molecule has 1 N–H and O–H groups in total. The standard InChI is InChI=1S/C25H30N2O4/c1-17-4-8-21-20(14-17)24(29)26-16-25(31-21)10-12-27(13-11-25)23(28)9-7-19-6-5-18(2)22(15-19)30-3/h4-6,8,14-15H,7,9-13,16H2,1-3H3,(H,26,29). The zero-order valence-corrected chi connectivity index (χ0v) is 18.5. The van der Waals surface area contributed by atoms with Crippen molar-refractivity contribution in [1.82, 2.24) is 10.2 Å². The van der Waals surface area contributed by atoms with Gasteiger partial charge in [0, 0.05) is 32.4 Å². The van der Waals surface area contributed by atoms with E-state index in [1.807, 2.05) is 49.1 Å². The van der Waals surface area contributed by atoms with Crippen LogP contribution < -0.4 is 14.8 Å². The number of likely N-dealkylation sites (tertiary alicyclic amines) is 1. The summed E-state index contributed by atoms with van der Waals surface area (Å²) in [4.78, 5) is 27.2. The first-order valence-electron chi connectivity index (χ1n) is 10.9. The first kappa shape index (κ1) is 21.2. The molecule has 2 aromatic carbocycles. The molecule has 2 aliphatic rings. The number of aryl methyl sites for hydroxylation is 3. The van der Waals surface area contributed by atoms with Crippen LogP contribution in [0, 0.1) is 13.8 Å². The summed E-state index contributed by atoms with van der Waals surface area (Å²) in [6.45, 7) is 5.70. The van der Waals surface area contributed by atoms with Crippen molar-refractivity contribution in [1.29, 1.82) is 0 Å². The first-order chi connectivity index (χ1) is 14.9. The maximum atomic E-state index is 12.8. The maximum Gasteiger partial charge on any atom is 0.255 e. The Morgan fingerprint density at radius 2 is 1.94 bits per heavy atom. The average molecular weight is 423 g/mol. The van der Waals surface area contributed by atoms with Crippen molar-refractivity contribution in [3.63, 3.8) is 0 Å². The van der Waals surface area contributed by atoms with Crippen LogP contribution in [0.1, 0.15) is 46.3 Å². The van der Waals surface area contributed by atoms with Crippen molar-refractivity contribution in [3.8, 4) is 11.5 Å². The highest BCUT2D eigenvalue weighted by molar-refractivity contribution is 5.97. The molecule has 0 bridgehead atoms. The minimum atomic E-state index is -0.461. The molecule has 31 heavy (non-hydrogen) atoms. The van der Waals surface area contributed by atoms with Crippen LogP contribution in [0.3, 0.4) is 0 Å². The Morgan fingerprint density at radius 1 is 1.16 bits per heavy atom. The van der Waals surface area contributed by atoms with Crippen molar-refractivity contribution in [3.05, 3.63) is 58.7 Å². The van der Waals surface area contributed by atoms with Gasteiger partial charge in [-0.2, -0.15) is 0 Å². The molecular formula is C25H30N2O4. The van der Waals surface area contributed by atoms with E-state index in [4.69, 9.17) is 9.47 Å². The largest absolute Gasteiger partial charge is 0.496 e. The van der Waals surface area contributed by atoms with Gasteiger partial charge < -0.3 is 19.7 Å². The van der Waals surface area contributed by atoms with Gasteiger partial charge in [-0.05, 0) is 49.6 Å². The number of nitrogens with zero attached hydrogens (tertiary/aromatic N) is 1. The summed E-state index contributed by atoms with van der Waals surface area (Å²) in [7, 11) is 1.67. The summed E-state index contributed by atoms with van der Waals surface area (Å²) in [6, 6.07) is 11.8. The second-order valence-corrected chi connectivity index (χ2v) is 8.65. The quantitative estimate of drug-likeness (QED) is 0.820. The monoisotopic (exact) mass is 422 g/mol. The van der Waals surface area contributed by atoms with Crippen LogP contribution >= 0.6 is 0 Å². The van der Waals surface area contributed by atoms with Crippen molar-refractivity contribution >= 4 is 11.8 Å². The average Bonchev–Trinajstić information content (AvgIpc) is 2.90. The highest BCUT2D eigenvalue weighted by Gasteiger charge is 2.40. The third-order valence-electron chi connectivity index (χ3n) is 6.40. The normalized spacial score (nSPS) is 17.4. The fourth-order valence-electron chi connectivity index (χ4n) is 4.39. The molecule has 2 heterocycles. The third-order valence-corrected chi connectivity index (χ3v) is 6.40. The number of rotatable bonds is 4. The second-order valence-electron chi connectivity index (χ2n) is 8.65. The highest BCUT2D eigenvalue weighted by Crippen LogP contribution is 2.33. The molecule has 1 spiro atoms. The number of carbonyl (C=O) groups is 2. The zero-order chi connectivity index (χ0) is 22.0. The molecular weight excluding hydrogens is 392 g/mol. The SMILES string of the molecule is COc1cc(CCC(=O)N2CCC3(CC2)CNC(=O)c2cc(C)ccc2O3)ccc1C. The summed E-state index contributed by atoms with van der Waals surface area (Å²) < 4.78 is 11.8. The molecule has 0 unspecified atom stereocenters. The van der Waals surface area contributed by atoms with Crippen LogP contribution in [0.2, 0.25) is 0 Å². The van der Waals surface area contributed by atoms with Crippen LogP contribution in [-0.4, -0.2) is 49.1 Å². The highest BCUT2D eigenvalue weighted by atomic mass is 16.5. The first-order valence-corrected chi connectivity index (χ1v) is 10.9. The van der Waals surface area contributed by atoms with E-state index in [1.165, 1.54) is 0 Å². The molecule has 6 nitrogen and oxygen atoms in total. The molecule has 0 atom stereocenters. The van der Waals surface area contributed by atoms with Gasteiger partial charge in [0.15, 0.2) is 0 Å². The van der Waals surface area contributed by atoms with E-state index in [1.54, 1.807) is 7.11 Å². The van der Waals surface area contributed by atoms with Crippen molar-refractivity contribution in [2.75, 3.05) is 26.7 Å². The van der Waals surface area contributed by atoms with Crippen LogP contribution in [-0.2, 0) is 11.2 Å². The molecule has 0 saturated carbocycles. The molecule has 2 aliphatic heterocycles. The van der Waals surface area contributed by atoms with Crippen LogP contribution in [0.25, 0.3) is 0 Å². The fraction of sp³-hybridized carbons (Fsp3) is 0.440. The van der Waals surface area contributed by atoms with Gasteiger partial charge in [-0.3, -0.25) is 9.59 Å². The van der Waals surface area contributed by atoms with Gasteiger partial charge >= 0.3 is 0 Å². The number of hydrogen-bond donors (Lipinski definition) is 1.